The third-order valence-electron chi connectivity index (χ3n) is 4.38. The van der Waals surface area contributed by atoms with Crippen LogP contribution in [0.3, 0.4) is 0 Å². The normalized spacial score (nSPS) is 23.9. The first-order valence-corrected chi connectivity index (χ1v) is 7.11. The number of nitrogens with zero attached hydrogens (tertiary/aromatic N) is 3. The van der Waals surface area contributed by atoms with Gasteiger partial charge in [0.05, 0.1) is 24.0 Å². The van der Waals surface area contributed by atoms with Gasteiger partial charge in [0, 0.05) is 23.7 Å². The van der Waals surface area contributed by atoms with E-state index in [1.807, 2.05) is 0 Å². The summed E-state index contributed by atoms with van der Waals surface area (Å²) in [4.78, 5) is 4.26. The number of aromatic nitrogens is 3. The molecule has 112 valence electrons. The summed E-state index contributed by atoms with van der Waals surface area (Å²) in [7, 11) is 0. The number of halogens is 1. The number of aliphatic hydroxyl groups excluding tert-OH is 1. The van der Waals surface area contributed by atoms with Gasteiger partial charge in [0.1, 0.15) is 5.82 Å². The van der Waals surface area contributed by atoms with Crippen molar-refractivity contribution >= 4 is 5.65 Å². The lowest BCUT2D eigenvalue weighted by Crippen LogP contribution is -2.27. The van der Waals surface area contributed by atoms with Gasteiger partial charge in [0.25, 0.3) is 0 Å². The van der Waals surface area contributed by atoms with Crippen molar-refractivity contribution in [1.82, 2.24) is 14.6 Å². The SMILES string of the molecule is NC1(c2c(CO)cnc3ccnn23)CC1c1ccc(F)cc1. The Bertz CT molecular complexity index is 845. The van der Waals surface area contributed by atoms with Crippen LogP contribution in [0.2, 0.25) is 0 Å². The summed E-state index contributed by atoms with van der Waals surface area (Å²) < 4.78 is 14.8. The van der Waals surface area contributed by atoms with E-state index in [9.17, 15) is 9.50 Å². The smallest absolute Gasteiger partial charge is 0.155 e. The van der Waals surface area contributed by atoms with Gasteiger partial charge < -0.3 is 10.8 Å². The molecule has 6 heteroatoms. The first-order valence-electron chi connectivity index (χ1n) is 7.11. The van der Waals surface area contributed by atoms with Gasteiger partial charge in [-0.25, -0.2) is 13.9 Å². The zero-order valence-corrected chi connectivity index (χ0v) is 11.8. The van der Waals surface area contributed by atoms with Crippen LogP contribution in [0.25, 0.3) is 5.65 Å². The van der Waals surface area contributed by atoms with Crippen LogP contribution in [0.4, 0.5) is 4.39 Å². The summed E-state index contributed by atoms with van der Waals surface area (Å²) in [6.45, 7) is -0.146. The van der Waals surface area contributed by atoms with Crippen LogP contribution in [0.5, 0.6) is 0 Å². The minimum Gasteiger partial charge on any atom is -0.392 e. The summed E-state index contributed by atoms with van der Waals surface area (Å²) >= 11 is 0. The Kier molecular flexibility index (Phi) is 2.79. The standard InChI is InChI=1S/C16H15FN4O/c17-12-3-1-10(2-4-12)13-7-16(13,18)15-11(9-22)8-19-14-5-6-20-21(14)15/h1-6,8,13,22H,7,9,18H2. The van der Waals surface area contributed by atoms with Crippen LogP contribution in [0.15, 0.2) is 42.7 Å². The third kappa shape index (κ3) is 1.84. The zero-order chi connectivity index (χ0) is 15.3. The van der Waals surface area contributed by atoms with E-state index >= 15 is 0 Å². The van der Waals surface area contributed by atoms with Crippen molar-refractivity contribution < 1.29 is 9.50 Å². The fourth-order valence-corrected chi connectivity index (χ4v) is 3.17. The molecule has 4 rings (SSSR count). The molecule has 0 amide bonds. The van der Waals surface area contributed by atoms with Gasteiger partial charge in [0.15, 0.2) is 5.65 Å². The number of nitrogens with two attached hydrogens (primary N) is 1. The summed E-state index contributed by atoms with van der Waals surface area (Å²) in [5.41, 5.74) is 9.10. The van der Waals surface area contributed by atoms with Crippen LogP contribution in [-0.2, 0) is 12.1 Å². The highest BCUT2D eigenvalue weighted by Gasteiger charge is 2.55. The third-order valence-corrected chi connectivity index (χ3v) is 4.38. The summed E-state index contributed by atoms with van der Waals surface area (Å²) in [6, 6.07) is 8.20. The van der Waals surface area contributed by atoms with Crippen LogP contribution in [0, 0.1) is 5.82 Å². The monoisotopic (exact) mass is 298 g/mol. The van der Waals surface area contributed by atoms with E-state index in [0.717, 1.165) is 17.7 Å². The van der Waals surface area contributed by atoms with E-state index in [1.54, 1.807) is 35.1 Å². The predicted molar refractivity (Wildman–Crippen MR) is 78.5 cm³/mol. The van der Waals surface area contributed by atoms with E-state index in [2.05, 4.69) is 10.1 Å². The molecular formula is C16H15FN4O. The molecule has 22 heavy (non-hydrogen) atoms. The largest absolute Gasteiger partial charge is 0.392 e. The molecule has 2 unspecified atom stereocenters. The highest BCUT2D eigenvalue weighted by molar-refractivity contribution is 5.47. The molecule has 0 spiro atoms. The van der Waals surface area contributed by atoms with E-state index in [4.69, 9.17) is 5.73 Å². The number of hydrogen-bond acceptors (Lipinski definition) is 4. The van der Waals surface area contributed by atoms with Gasteiger partial charge in [-0.1, -0.05) is 12.1 Å². The second-order valence-corrected chi connectivity index (χ2v) is 5.74. The topological polar surface area (TPSA) is 76.4 Å². The maximum Gasteiger partial charge on any atom is 0.155 e. The molecule has 0 saturated heterocycles. The first kappa shape index (κ1) is 13.4. The average molecular weight is 298 g/mol. The van der Waals surface area contributed by atoms with Crippen molar-refractivity contribution in [3.05, 3.63) is 65.4 Å². The molecule has 1 aliphatic rings. The maximum atomic E-state index is 13.1. The Morgan fingerprint density at radius 1 is 1.32 bits per heavy atom. The molecule has 2 atom stereocenters. The Hall–Kier alpha value is -2.31. The average Bonchev–Trinajstić information content (AvgIpc) is 2.99. The Labute approximate surface area is 126 Å². The number of fused-ring (bicyclic) bond motifs is 1. The molecular weight excluding hydrogens is 283 g/mol. The fraction of sp³-hybridized carbons (Fsp3) is 0.250. The zero-order valence-electron chi connectivity index (χ0n) is 11.8. The summed E-state index contributed by atoms with van der Waals surface area (Å²) in [5, 5.41) is 13.9. The number of rotatable bonds is 3. The van der Waals surface area contributed by atoms with Gasteiger partial charge in [0.2, 0.25) is 0 Å². The Morgan fingerprint density at radius 3 is 2.82 bits per heavy atom. The highest BCUT2D eigenvalue weighted by atomic mass is 19.1. The molecule has 0 bridgehead atoms. The molecule has 0 aliphatic heterocycles. The van der Waals surface area contributed by atoms with Gasteiger partial charge in [-0.3, -0.25) is 0 Å². The van der Waals surface area contributed by atoms with Crippen LogP contribution in [0.1, 0.15) is 29.2 Å². The minimum atomic E-state index is -0.622. The molecule has 1 saturated carbocycles. The lowest BCUT2D eigenvalue weighted by molar-refractivity contribution is 0.277. The van der Waals surface area contributed by atoms with Crippen molar-refractivity contribution in [2.24, 2.45) is 5.73 Å². The van der Waals surface area contributed by atoms with E-state index in [0.29, 0.717) is 11.2 Å². The summed E-state index contributed by atoms with van der Waals surface area (Å²) in [5.74, 6) is -0.186. The Balaban J connectivity index is 1.82. The molecule has 2 aromatic heterocycles. The number of hydrogen-bond donors (Lipinski definition) is 2. The molecule has 1 fully saturated rings. The lowest BCUT2D eigenvalue weighted by Gasteiger charge is -2.17. The Morgan fingerprint density at radius 2 is 2.09 bits per heavy atom. The van der Waals surface area contributed by atoms with Crippen LogP contribution in [-0.4, -0.2) is 19.7 Å². The van der Waals surface area contributed by atoms with Crippen molar-refractivity contribution in [2.75, 3.05) is 0 Å². The number of aliphatic hydroxyl groups is 1. The first-order chi connectivity index (χ1) is 10.6. The molecule has 1 aliphatic carbocycles. The molecule has 2 heterocycles. The quantitative estimate of drug-likeness (QED) is 0.771. The predicted octanol–water partition coefficient (Wildman–Crippen LogP) is 1.70. The van der Waals surface area contributed by atoms with E-state index in [-0.39, 0.29) is 18.3 Å². The van der Waals surface area contributed by atoms with Crippen molar-refractivity contribution in [2.45, 2.75) is 24.5 Å². The number of benzene rings is 1. The van der Waals surface area contributed by atoms with Crippen molar-refractivity contribution in [3.8, 4) is 0 Å². The lowest BCUT2D eigenvalue weighted by atomic mass is 10.0. The van der Waals surface area contributed by atoms with E-state index in [1.165, 1.54) is 12.1 Å². The van der Waals surface area contributed by atoms with Gasteiger partial charge >= 0.3 is 0 Å². The van der Waals surface area contributed by atoms with Crippen molar-refractivity contribution in [1.29, 1.82) is 0 Å². The second kappa shape index (κ2) is 4.59. The van der Waals surface area contributed by atoms with E-state index < -0.39 is 5.54 Å². The maximum absolute atomic E-state index is 13.1. The van der Waals surface area contributed by atoms with Crippen molar-refractivity contribution in [3.63, 3.8) is 0 Å². The molecule has 3 aromatic rings. The van der Waals surface area contributed by atoms with Crippen LogP contribution < -0.4 is 5.73 Å². The van der Waals surface area contributed by atoms with Gasteiger partial charge in [-0.2, -0.15) is 5.10 Å². The summed E-state index contributed by atoms with van der Waals surface area (Å²) in [6.07, 6.45) is 4.03. The van der Waals surface area contributed by atoms with Gasteiger partial charge in [-0.15, -0.1) is 0 Å². The molecule has 1 aromatic carbocycles. The molecule has 5 nitrogen and oxygen atoms in total. The molecule has 3 N–H and O–H groups in total. The van der Waals surface area contributed by atoms with Gasteiger partial charge in [-0.05, 0) is 24.1 Å². The second-order valence-electron chi connectivity index (χ2n) is 5.74. The molecule has 0 radical (unpaired) electrons. The fourth-order valence-electron chi connectivity index (χ4n) is 3.17. The minimum absolute atomic E-state index is 0.0770. The highest BCUT2D eigenvalue weighted by Crippen LogP contribution is 2.56. The van der Waals surface area contributed by atoms with Crippen LogP contribution >= 0.6 is 0 Å².